The van der Waals surface area contributed by atoms with Gasteiger partial charge in [0.25, 0.3) is 0 Å². The van der Waals surface area contributed by atoms with Crippen molar-refractivity contribution in [3.63, 3.8) is 0 Å². The Morgan fingerprint density at radius 2 is 1.91 bits per heavy atom. The molecule has 0 atom stereocenters. The van der Waals surface area contributed by atoms with Gasteiger partial charge in [-0.05, 0) is 18.2 Å². The Morgan fingerprint density at radius 1 is 1.26 bits per heavy atom. The van der Waals surface area contributed by atoms with Crippen molar-refractivity contribution in [2.24, 2.45) is 0 Å². The largest absolute Gasteiger partial charge is 0.586 e. The van der Waals surface area contributed by atoms with Crippen LogP contribution in [-0.2, 0) is 0 Å². The number of carboxylic acids is 1. The minimum Gasteiger partial charge on any atom is -0.476 e. The monoisotopic (exact) mass is 362 g/mol. The van der Waals surface area contributed by atoms with Crippen molar-refractivity contribution in [3.05, 3.63) is 33.9 Å². The SMILES string of the molecule is Nc1cc(-c2ccc(Cl)c3c2OC(F)(F)O3)nc(C(=O)O)c1Cl. The first-order valence-electron chi connectivity index (χ1n) is 5.97. The molecule has 0 radical (unpaired) electrons. The van der Waals surface area contributed by atoms with Gasteiger partial charge in [-0.1, -0.05) is 23.2 Å². The number of hydrogen-bond donors (Lipinski definition) is 2. The van der Waals surface area contributed by atoms with Gasteiger partial charge >= 0.3 is 12.3 Å². The zero-order chi connectivity index (χ0) is 16.9. The van der Waals surface area contributed by atoms with Crippen LogP contribution < -0.4 is 15.2 Å². The minimum absolute atomic E-state index is 0.0292. The molecule has 2 heterocycles. The predicted molar refractivity (Wildman–Crippen MR) is 77.3 cm³/mol. The molecule has 0 fully saturated rings. The van der Waals surface area contributed by atoms with E-state index in [0.29, 0.717) is 0 Å². The molecule has 6 nitrogen and oxygen atoms in total. The average Bonchev–Trinajstić information content (AvgIpc) is 2.78. The van der Waals surface area contributed by atoms with Crippen molar-refractivity contribution in [2.45, 2.75) is 6.29 Å². The Bertz CT molecular complexity index is 845. The van der Waals surface area contributed by atoms with Crippen LogP contribution in [0.4, 0.5) is 14.5 Å². The smallest absolute Gasteiger partial charge is 0.476 e. The van der Waals surface area contributed by atoms with Crippen LogP contribution in [0.2, 0.25) is 10.0 Å². The summed E-state index contributed by atoms with van der Waals surface area (Å²) in [5.74, 6) is -2.16. The molecule has 0 bridgehead atoms. The second-order valence-corrected chi connectivity index (χ2v) is 5.27. The van der Waals surface area contributed by atoms with E-state index in [4.69, 9.17) is 34.0 Å². The molecule has 0 amide bonds. The highest BCUT2D eigenvalue weighted by Gasteiger charge is 2.46. The average molecular weight is 363 g/mol. The van der Waals surface area contributed by atoms with Crippen molar-refractivity contribution in [1.82, 2.24) is 4.98 Å². The van der Waals surface area contributed by atoms with Crippen molar-refractivity contribution in [1.29, 1.82) is 0 Å². The van der Waals surface area contributed by atoms with E-state index < -0.39 is 18.0 Å². The second-order valence-electron chi connectivity index (χ2n) is 4.49. The molecule has 0 unspecified atom stereocenters. The number of rotatable bonds is 2. The second kappa shape index (κ2) is 5.10. The van der Waals surface area contributed by atoms with E-state index in [1.54, 1.807) is 0 Å². The third kappa shape index (κ3) is 2.60. The molecule has 0 spiro atoms. The summed E-state index contributed by atoms with van der Waals surface area (Å²) in [6, 6.07) is 3.85. The Balaban J connectivity index is 2.23. The zero-order valence-electron chi connectivity index (χ0n) is 10.9. The fraction of sp³-hybridized carbons (Fsp3) is 0.0769. The zero-order valence-corrected chi connectivity index (χ0v) is 12.5. The lowest BCUT2D eigenvalue weighted by Crippen LogP contribution is -2.26. The van der Waals surface area contributed by atoms with E-state index >= 15 is 0 Å². The van der Waals surface area contributed by atoms with Gasteiger partial charge in [0.05, 0.1) is 21.4 Å². The van der Waals surface area contributed by atoms with Gasteiger partial charge in [0.2, 0.25) is 0 Å². The number of aromatic carboxylic acids is 1. The number of ether oxygens (including phenoxy) is 2. The molecular formula is C13H6Cl2F2N2O4. The lowest BCUT2D eigenvalue weighted by atomic mass is 10.1. The highest BCUT2D eigenvalue weighted by atomic mass is 35.5. The summed E-state index contributed by atoms with van der Waals surface area (Å²) >= 11 is 11.6. The molecule has 1 aromatic carbocycles. The number of aromatic nitrogens is 1. The number of pyridine rings is 1. The lowest BCUT2D eigenvalue weighted by Gasteiger charge is -2.10. The van der Waals surface area contributed by atoms with E-state index in [0.717, 1.165) is 0 Å². The van der Waals surface area contributed by atoms with E-state index in [2.05, 4.69) is 14.5 Å². The fourth-order valence-corrected chi connectivity index (χ4v) is 2.39. The first-order valence-corrected chi connectivity index (χ1v) is 6.73. The Morgan fingerprint density at radius 3 is 2.57 bits per heavy atom. The summed E-state index contributed by atoms with van der Waals surface area (Å²) in [4.78, 5) is 15.0. The molecule has 0 saturated heterocycles. The molecule has 1 aromatic heterocycles. The van der Waals surface area contributed by atoms with Crippen LogP contribution in [0.1, 0.15) is 10.5 Å². The maximum Gasteiger partial charge on any atom is 0.586 e. The van der Waals surface area contributed by atoms with Crippen LogP contribution in [0, 0.1) is 0 Å². The van der Waals surface area contributed by atoms with Gasteiger partial charge < -0.3 is 20.3 Å². The number of hydrogen-bond acceptors (Lipinski definition) is 5. The molecule has 3 rings (SSSR count). The van der Waals surface area contributed by atoms with Crippen LogP contribution in [0.15, 0.2) is 18.2 Å². The number of carbonyl (C=O) groups is 1. The Hall–Kier alpha value is -2.32. The number of nitrogens with zero attached hydrogens (tertiary/aromatic N) is 1. The lowest BCUT2D eigenvalue weighted by molar-refractivity contribution is -0.286. The van der Waals surface area contributed by atoms with E-state index in [-0.39, 0.29) is 38.5 Å². The molecular weight excluding hydrogens is 357 g/mol. The Kier molecular flexibility index (Phi) is 3.46. The van der Waals surface area contributed by atoms with Crippen molar-refractivity contribution >= 4 is 34.9 Å². The quantitative estimate of drug-likeness (QED) is 0.846. The number of alkyl halides is 2. The summed E-state index contributed by atoms with van der Waals surface area (Å²) in [5, 5.41) is 8.73. The maximum atomic E-state index is 13.3. The fourth-order valence-electron chi connectivity index (χ4n) is 2.02. The molecule has 23 heavy (non-hydrogen) atoms. The van der Waals surface area contributed by atoms with Gasteiger partial charge in [-0.25, -0.2) is 9.78 Å². The van der Waals surface area contributed by atoms with E-state index in [9.17, 15) is 13.6 Å². The highest BCUT2D eigenvalue weighted by molar-refractivity contribution is 6.35. The number of carboxylic acid groups (broad SMARTS) is 1. The number of fused-ring (bicyclic) bond motifs is 1. The van der Waals surface area contributed by atoms with Crippen LogP contribution >= 0.6 is 23.2 Å². The summed E-state index contributed by atoms with van der Waals surface area (Å²) in [7, 11) is 0. The molecule has 10 heteroatoms. The number of nitrogen functional groups attached to an aromatic ring is 1. The summed E-state index contributed by atoms with van der Waals surface area (Å²) < 4.78 is 35.4. The first-order chi connectivity index (χ1) is 10.7. The summed E-state index contributed by atoms with van der Waals surface area (Å²) in [5.41, 5.74) is 5.05. The number of nitrogens with two attached hydrogens (primary N) is 1. The van der Waals surface area contributed by atoms with Crippen LogP contribution in [-0.4, -0.2) is 22.4 Å². The first kappa shape index (κ1) is 15.6. The molecule has 3 N–H and O–H groups in total. The van der Waals surface area contributed by atoms with Gasteiger partial charge in [0.1, 0.15) is 0 Å². The normalized spacial score (nSPS) is 14.8. The number of anilines is 1. The molecule has 120 valence electrons. The Labute approximate surface area is 137 Å². The van der Waals surface area contributed by atoms with Gasteiger partial charge in [0, 0.05) is 5.56 Å². The molecule has 0 saturated carbocycles. The summed E-state index contributed by atoms with van der Waals surface area (Å²) in [6.07, 6.45) is -3.89. The molecule has 2 aromatic rings. The van der Waals surface area contributed by atoms with Gasteiger partial charge in [0.15, 0.2) is 17.2 Å². The topological polar surface area (TPSA) is 94.7 Å². The van der Waals surface area contributed by atoms with Crippen molar-refractivity contribution < 1.29 is 28.2 Å². The summed E-state index contributed by atoms with van der Waals surface area (Å²) in [6.45, 7) is 0. The maximum absolute atomic E-state index is 13.3. The number of halogens is 4. The molecule has 0 aliphatic carbocycles. The third-order valence-electron chi connectivity index (χ3n) is 2.97. The van der Waals surface area contributed by atoms with Gasteiger partial charge in [-0.2, -0.15) is 0 Å². The van der Waals surface area contributed by atoms with Crippen molar-refractivity contribution in [3.8, 4) is 22.8 Å². The number of benzene rings is 1. The van der Waals surface area contributed by atoms with E-state index in [1.165, 1.54) is 18.2 Å². The molecule has 1 aliphatic heterocycles. The van der Waals surface area contributed by atoms with Crippen LogP contribution in [0.5, 0.6) is 11.5 Å². The molecule has 1 aliphatic rings. The minimum atomic E-state index is -3.89. The van der Waals surface area contributed by atoms with Crippen molar-refractivity contribution in [2.75, 3.05) is 5.73 Å². The highest BCUT2D eigenvalue weighted by Crippen LogP contribution is 2.50. The predicted octanol–water partition coefficient (Wildman–Crippen LogP) is 3.66. The van der Waals surface area contributed by atoms with E-state index in [1.807, 2.05) is 0 Å². The van der Waals surface area contributed by atoms with Crippen LogP contribution in [0.3, 0.4) is 0 Å². The van der Waals surface area contributed by atoms with Gasteiger partial charge in [-0.3, -0.25) is 0 Å². The standard InChI is InChI=1S/C13H6Cl2F2N2O4/c14-5-2-1-4(10-11(5)23-13(16,17)22-10)7-3-6(18)8(15)9(19-7)12(20)21/h1-3H,(H2,18,19)(H,20,21). The third-order valence-corrected chi connectivity index (χ3v) is 3.67. The van der Waals surface area contributed by atoms with Crippen LogP contribution in [0.25, 0.3) is 11.3 Å². The van der Waals surface area contributed by atoms with Gasteiger partial charge in [-0.15, -0.1) is 8.78 Å².